The van der Waals surface area contributed by atoms with Crippen LogP contribution < -0.4 is 10.6 Å². The van der Waals surface area contributed by atoms with Crippen molar-refractivity contribution in [3.05, 3.63) is 29.7 Å². The lowest BCUT2D eigenvalue weighted by molar-refractivity contribution is -0.130. The zero-order chi connectivity index (χ0) is 18.5. The Morgan fingerprint density at radius 1 is 1.38 bits per heavy atom. The van der Waals surface area contributed by atoms with Gasteiger partial charge >= 0.3 is 6.03 Å². The van der Waals surface area contributed by atoms with Crippen molar-refractivity contribution in [2.75, 3.05) is 6.54 Å². The number of hydrogen-bond donors (Lipinski definition) is 2. The fourth-order valence-electron chi connectivity index (χ4n) is 2.51. The van der Waals surface area contributed by atoms with E-state index < -0.39 is 12.1 Å². The van der Waals surface area contributed by atoms with E-state index in [-0.39, 0.29) is 24.8 Å². The fraction of sp³-hybridized carbons (Fsp3) is 0.375. The summed E-state index contributed by atoms with van der Waals surface area (Å²) in [4.78, 5) is 49.7. The molecule has 0 bridgehead atoms. The molecular weight excluding hydrogens is 356 g/mol. The van der Waals surface area contributed by atoms with Gasteiger partial charge in [0.25, 0.3) is 5.91 Å². The lowest BCUT2D eigenvalue weighted by Gasteiger charge is -2.11. The first-order chi connectivity index (χ1) is 12.6. The van der Waals surface area contributed by atoms with Crippen LogP contribution in [0.25, 0.3) is 10.7 Å². The Labute approximate surface area is 153 Å². The summed E-state index contributed by atoms with van der Waals surface area (Å²) in [6, 6.07) is -1.25. The molecule has 26 heavy (non-hydrogen) atoms. The minimum absolute atomic E-state index is 0.0913. The Bertz CT molecular complexity index is 809. The van der Waals surface area contributed by atoms with E-state index in [9.17, 15) is 14.4 Å². The predicted molar refractivity (Wildman–Crippen MR) is 93.9 cm³/mol. The van der Waals surface area contributed by atoms with Crippen LogP contribution >= 0.6 is 11.3 Å². The Morgan fingerprint density at radius 3 is 2.96 bits per heavy atom. The van der Waals surface area contributed by atoms with E-state index in [0.717, 1.165) is 9.91 Å². The molecule has 1 aliphatic heterocycles. The van der Waals surface area contributed by atoms with Crippen molar-refractivity contribution in [3.8, 4) is 10.7 Å². The standard InChI is InChI=1S/C16H18N6O3S/c1-2-5-22-15(24)11(21-16(22)25)6-13(23)19-7-10-9-26-14(20-10)12-8-17-3-4-18-12/h3-4,8-9,11H,2,5-7H2,1H3,(H,19,23)(H,21,25)/t11-/m0/s1. The number of rotatable bonds is 7. The number of thiazole rings is 1. The third-order valence-corrected chi connectivity index (χ3v) is 4.66. The van der Waals surface area contributed by atoms with Gasteiger partial charge in [-0.3, -0.25) is 24.5 Å². The van der Waals surface area contributed by atoms with Gasteiger partial charge in [0.05, 0.1) is 24.9 Å². The van der Waals surface area contributed by atoms with Crippen LogP contribution in [0, 0.1) is 0 Å². The van der Waals surface area contributed by atoms with Crippen LogP contribution in [-0.2, 0) is 16.1 Å². The number of nitrogens with one attached hydrogen (secondary N) is 2. The highest BCUT2D eigenvalue weighted by Crippen LogP contribution is 2.20. The third-order valence-electron chi connectivity index (χ3n) is 3.74. The molecular formula is C16H18N6O3S. The van der Waals surface area contributed by atoms with E-state index in [1.807, 2.05) is 12.3 Å². The van der Waals surface area contributed by atoms with Crippen LogP contribution in [0.2, 0.25) is 0 Å². The zero-order valence-electron chi connectivity index (χ0n) is 14.1. The number of carbonyl (C=O) groups is 3. The van der Waals surface area contributed by atoms with Crippen molar-refractivity contribution in [2.24, 2.45) is 0 Å². The van der Waals surface area contributed by atoms with Crippen LogP contribution in [-0.4, -0.2) is 50.3 Å². The highest BCUT2D eigenvalue weighted by molar-refractivity contribution is 7.13. The van der Waals surface area contributed by atoms with Crippen LogP contribution in [0.1, 0.15) is 25.5 Å². The molecule has 4 amide bonds. The molecule has 1 saturated heterocycles. The molecule has 2 N–H and O–H groups in total. The van der Waals surface area contributed by atoms with Crippen molar-refractivity contribution in [1.82, 2.24) is 30.5 Å². The molecule has 1 aliphatic rings. The zero-order valence-corrected chi connectivity index (χ0v) is 15.0. The van der Waals surface area contributed by atoms with Crippen LogP contribution in [0.5, 0.6) is 0 Å². The van der Waals surface area contributed by atoms with Gasteiger partial charge in [-0.25, -0.2) is 9.78 Å². The molecule has 3 heterocycles. The molecule has 1 fully saturated rings. The quantitative estimate of drug-likeness (QED) is 0.697. The molecule has 0 spiro atoms. The number of aromatic nitrogens is 3. The molecule has 0 radical (unpaired) electrons. The Balaban J connectivity index is 1.51. The minimum Gasteiger partial charge on any atom is -0.350 e. The molecule has 10 heteroatoms. The van der Waals surface area contributed by atoms with Crippen LogP contribution in [0.3, 0.4) is 0 Å². The van der Waals surface area contributed by atoms with Gasteiger partial charge in [-0.05, 0) is 6.42 Å². The summed E-state index contributed by atoms with van der Waals surface area (Å²) in [5, 5.41) is 7.81. The molecule has 3 rings (SSSR count). The summed E-state index contributed by atoms with van der Waals surface area (Å²) in [6.07, 6.45) is 5.38. The molecule has 9 nitrogen and oxygen atoms in total. The normalized spacial score (nSPS) is 16.7. The SMILES string of the molecule is CCCN1C(=O)N[C@@H](CC(=O)NCc2csc(-c3cnccn3)n2)C1=O. The molecule has 0 aliphatic carbocycles. The van der Waals surface area contributed by atoms with E-state index in [1.54, 1.807) is 18.6 Å². The monoisotopic (exact) mass is 374 g/mol. The largest absolute Gasteiger partial charge is 0.350 e. The summed E-state index contributed by atoms with van der Waals surface area (Å²) in [7, 11) is 0. The highest BCUT2D eigenvalue weighted by Gasteiger charge is 2.38. The molecule has 1 atom stereocenters. The number of nitrogens with zero attached hydrogens (tertiary/aromatic N) is 4. The van der Waals surface area contributed by atoms with Crippen molar-refractivity contribution >= 4 is 29.2 Å². The van der Waals surface area contributed by atoms with Gasteiger partial charge in [0.2, 0.25) is 5.91 Å². The Morgan fingerprint density at radius 2 is 2.23 bits per heavy atom. The summed E-state index contributed by atoms with van der Waals surface area (Å²) < 4.78 is 0. The Kier molecular flexibility index (Phi) is 5.52. The number of carbonyl (C=O) groups excluding carboxylic acids is 3. The summed E-state index contributed by atoms with van der Waals surface area (Å²) in [5.74, 6) is -0.679. The van der Waals surface area contributed by atoms with E-state index in [4.69, 9.17) is 0 Å². The number of imide groups is 1. The first-order valence-electron chi connectivity index (χ1n) is 8.18. The third kappa shape index (κ3) is 4.02. The maximum absolute atomic E-state index is 12.1. The second kappa shape index (κ2) is 8.00. The van der Waals surface area contributed by atoms with Crippen LogP contribution in [0.4, 0.5) is 4.79 Å². The molecule has 0 aromatic carbocycles. The van der Waals surface area contributed by atoms with E-state index in [0.29, 0.717) is 24.4 Å². The lowest BCUT2D eigenvalue weighted by atomic mass is 10.2. The van der Waals surface area contributed by atoms with Gasteiger partial charge < -0.3 is 10.6 Å². The van der Waals surface area contributed by atoms with E-state index in [1.165, 1.54) is 11.3 Å². The smallest absolute Gasteiger partial charge is 0.324 e. The minimum atomic E-state index is -0.806. The van der Waals surface area contributed by atoms with Crippen molar-refractivity contribution in [1.29, 1.82) is 0 Å². The Hall–Kier alpha value is -2.88. The first-order valence-corrected chi connectivity index (χ1v) is 9.05. The topological polar surface area (TPSA) is 117 Å². The molecule has 2 aromatic heterocycles. The van der Waals surface area contributed by atoms with E-state index >= 15 is 0 Å². The first kappa shape index (κ1) is 17.9. The van der Waals surface area contributed by atoms with Gasteiger partial charge in [0.1, 0.15) is 16.7 Å². The average molecular weight is 374 g/mol. The van der Waals surface area contributed by atoms with E-state index in [2.05, 4.69) is 25.6 Å². The fourth-order valence-corrected chi connectivity index (χ4v) is 3.29. The van der Waals surface area contributed by atoms with Crippen molar-refractivity contribution in [3.63, 3.8) is 0 Å². The lowest BCUT2D eigenvalue weighted by Crippen LogP contribution is -2.36. The van der Waals surface area contributed by atoms with Crippen molar-refractivity contribution in [2.45, 2.75) is 32.4 Å². The molecule has 136 valence electrons. The molecule has 2 aromatic rings. The number of hydrogen-bond acceptors (Lipinski definition) is 7. The molecule has 0 unspecified atom stereocenters. The average Bonchev–Trinajstić information content (AvgIpc) is 3.22. The van der Waals surface area contributed by atoms with Gasteiger partial charge in [-0.2, -0.15) is 0 Å². The second-order valence-corrected chi connectivity index (χ2v) is 6.57. The maximum Gasteiger partial charge on any atom is 0.324 e. The molecule has 0 saturated carbocycles. The highest BCUT2D eigenvalue weighted by atomic mass is 32.1. The van der Waals surface area contributed by atoms with Crippen LogP contribution in [0.15, 0.2) is 24.0 Å². The van der Waals surface area contributed by atoms with Gasteiger partial charge in [-0.1, -0.05) is 6.92 Å². The van der Waals surface area contributed by atoms with Gasteiger partial charge in [-0.15, -0.1) is 11.3 Å². The number of urea groups is 1. The second-order valence-electron chi connectivity index (χ2n) is 5.71. The van der Waals surface area contributed by atoms with Gasteiger partial charge in [0, 0.05) is 24.3 Å². The summed E-state index contributed by atoms with van der Waals surface area (Å²) >= 11 is 1.41. The predicted octanol–water partition coefficient (Wildman–Crippen LogP) is 0.937. The summed E-state index contributed by atoms with van der Waals surface area (Å²) in [6.45, 7) is 2.47. The van der Waals surface area contributed by atoms with Gasteiger partial charge in [0.15, 0.2) is 0 Å². The maximum atomic E-state index is 12.1. The number of amides is 4. The summed E-state index contributed by atoms with van der Waals surface area (Å²) in [5.41, 5.74) is 1.36. The van der Waals surface area contributed by atoms with Crippen molar-refractivity contribution < 1.29 is 14.4 Å².